The first-order valence-electron chi connectivity index (χ1n) is 7.27. The van der Waals surface area contributed by atoms with Gasteiger partial charge in [-0.3, -0.25) is 4.79 Å². The van der Waals surface area contributed by atoms with Crippen molar-refractivity contribution in [2.45, 2.75) is 50.5 Å². The Morgan fingerprint density at radius 1 is 1.20 bits per heavy atom. The number of carbonyl (C=O) groups is 1. The van der Waals surface area contributed by atoms with Gasteiger partial charge < -0.3 is 5.11 Å². The normalized spacial score (nSPS) is 18.9. The standard InChI is InChI=1S/C16H19NO2S/c18-14(16(19)9-5-1-2-6-10-16)11-15-17-12-7-3-4-8-13(12)20-15/h3-4,7-8,19H,1-2,5-6,9-11H2. The third-order valence-electron chi connectivity index (χ3n) is 4.10. The lowest BCUT2D eigenvalue weighted by Crippen LogP contribution is -2.39. The number of carbonyl (C=O) groups excluding carboxylic acids is 1. The van der Waals surface area contributed by atoms with Gasteiger partial charge in [0.1, 0.15) is 10.6 Å². The van der Waals surface area contributed by atoms with Gasteiger partial charge in [-0.15, -0.1) is 11.3 Å². The summed E-state index contributed by atoms with van der Waals surface area (Å²) in [5.41, 5.74) is -0.179. The summed E-state index contributed by atoms with van der Waals surface area (Å²) in [6.45, 7) is 0. The summed E-state index contributed by atoms with van der Waals surface area (Å²) in [4.78, 5) is 16.9. The molecule has 3 nitrogen and oxygen atoms in total. The maximum atomic E-state index is 12.4. The van der Waals surface area contributed by atoms with Gasteiger partial charge in [0.05, 0.1) is 16.6 Å². The van der Waals surface area contributed by atoms with Crippen LogP contribution in [0.15, 0.2) is 24.3 Å². The van der Waals surface area contributed by atoms with Crippen molar-refractivity contribution in [3.63, 3.8) is 0 Å². The molecule has 1 heterocycles. The number of hydrogen-bond donors (Lipinski definition) is 1. The summed E-state index contributed by atoms with van der Waals surface area (Å²) in [6.07, 6.45) is 5.61. The molecule has 1 aromatic carbocycles. The van der Waals surface area contributed by atoms with Crippen molar-refractivity contribution >= 4 is 27.3 Å². The number of fused-ring (bicyclic) bond motifs is 1. The smallest absolute Gasteiger partial charge is 0.171 e. The fourth-order valence-electron chi connectivity index (χ4n) is 2.89. The molecular weight excluding hydrogens is 270 g/mol. The van der Waals surface area contributed by atoms with E-state index in [4.69, 9.17) is 0 Å². The van der Waals surface area contributed by atoms with Crippen LogP contribution in [0.2, 0.25) is 0 Å². The first kappa shape index (κ1) is 13.7. The van der Waals surface area contributed by atoms with Crippen LogP contribution < -0.4 is 0 Å². The van der Waals surface area contributed by atoms with Gasteiger partial charge in [0.25, 0.3) is 0 Å². The molecule has 4 heteroatoms. The molecular formula is C16H19NO2S. The van der Waals surface area contributed by atoms with Crippen molar-refractivity contribution in [2.24, 2.45) is 0 Å². The second-order valence-electron chi connectivity index (χ2n) is 5.62. The number of aliphatic hydroxyl groups is 1. The minimum Gasteiger partial charge on any atom is -0.382 e. The van der Waals surface area contributed by atoms with E-state index in [1.165, 1.54) is 0 Å². The first-order chi connectivity index (χ1) is 9.67. The Bertz CT molecular complexity index is 579. The van der Waals surface area contributed by atoms with Crippen LogP contribution in [0.3, 0.4) is 0 Å². The lowest BCUT2D eigenvalue weighted by atomic mass is 9.88. The molecule has 0 bridgehead atoms. The van der Waals surface area contributed by atoms with E-state index in [1.54, 1.807) is 11.3 Å². The van der Waals surface area contributed by atoms with Crippen LogP contribution in [0.5, 0.6) is 0 Å². The fraction of sp³-hybridized carbons (Fsp3) is 0.500. The first-order valence-corrected chi connectivity index (χ1v) is 8.09. The van der Waals surface area contributed by atoms with Crippen molar-refractivity contribution in [3.05, 3.63) is 29.3 Å². The molecule has 106 valence electrons. The second kappa shape index (κ2) is 5.62. The number of nitrogens with zero attached hydrogens (tertiary/aromatic N) is 1. The molecule has 0 amide bonds. The number of rotatable bonds is 3. The molecule has 0 saturated heterocycles. The lowest BCUT2D eigenvalue weighted by Gasteiger charge is -2.24. The van der Waals surface area contributed by atoms with Crippen LogP contribution in [0.1, 0.15) is 43.5 Å². The Hall–Kier alpha value is -1.26. The van der Waals surface area contributed by atoms with Crippen molar-refractivity contribution in [2.75, 3.05) is 0 Å². The Balaban J connectivity index is 1.77. The molecule has 0 spiro atoms. The third kappa shape index (κ3) is 2.76. The highest BCUT2D eigenvalue weighted by Crippen LogP contribution is 2.30. The molecule has 0 unspecified atom stereocenters. The number of benzene rings is 1. The Kier molecular flexibility index (Phi) is 3.85. The molecule has 1 aliphatic rings. The highest BCUT2D eigenvalue weighted by molar-refractivity contribution is 7.18. The van der Waals surface area contributed by atoms with E-state index in [2.05, 4.69) is 4.98 Å². The van der Waals surface area contributed by atoms with Gasteiger partial charge in [-0.05, 0) is 25.0 Å². The molecule has 2 aromatic rings. The van der Waals surface area contributed by atoms with E-state index in [9.17, 15) is 9.90 Å². The van der Waals surface area contributed by atoms with Crippen molar-refractivity contribution in [1.82, 2.24) is 4.98 Å². The quantitative estimate of drug-likeness (QED) is 0.880. The fourth-order valence-corrected chi connectivity index (χ4v) is 3.86. The SMILES string of the molecule is O=C(Cc1nc2ccccc2s1)C1(O)CCCCCC1. The highest BCUT2D eigenvalue weighted by Gasteiger charge is 2.35. The van der Waals surface area contributed by atoms with Gasteiger partial charge in [0.2, 0.25) is 0 Å². The highest BCUT2D eigenvalue weighted by atomic mass is 32.1. The average Bonchev–Trinajstić information content (AvgIpc) is 2.71. The lowest BCUT2D eigenvalue weighted by molar-refractivity contribution is -0.138. The predicted octanol–water partition coefficient (Wildman–Crippen LogP) is 3.49. The number of Topliss-reactive ketones (excluding diaryl/α,β-unsaturated/α-hetero) is 1. The summed E-state index contributed by atoms with van der Waals surface area (Å²) in [5.74, 6) is -0.0570. The van der Waals surface area contributed by atoms with E-state index in [0.717, 1.165) is 40.9 Å². The number of para-hydroxylation sites is 1. The Morgan fingerprint density at radius 3 is 2.60 bits per heavy atom. The van der Waals surface area contributed by atoms with Gasteiger partial charge >= 0.3 is 0 Å². The number of hydrogen-bond acceptors (Lipinski definition) is 4. The third-order valence-corrected chi connectivity index (χ3v) is 5.14. The molecule has 0 atom stereocenters. The average molecular weight is 289 g/mol. The van der Waals surface area contributed by atoms with Crippen LogP contribution in [0.25, 0.3) is 10.2 Å². The zero-order valence-electron chi connectivity index (χ0n) is 11.5. The van der Waals surface area contributed by atoms with Crippen molar-refractivity contribution in [3.8, 4) is 0 Å². The molecule has 1 fully saturated rings. The molecule has 1 aliphatic carbocycles. The van der Waals surface area contributed by atoms with Crippen LogP contribution in [-0.2, 0) is 11.2 Å². The zero-order valence-corrected chi connectivity index (χ0v) is 12.3. The summed E-state index contributed by atoms with van der Waals surface area (Å²) < 4.78 is 1.10. The van der Waals surface area contributed by atoms with E-state index < -0.39 is 5.60 Å². The summed E-state index contributed by atoms with van der Waals surface area (Å²) in [6, 6.07) is 7.90. The minimum atomic E-state index is -1.12. The molecule has 1 aromatic heterocycles. The second-order valence-corrected chi connectivity index (χ2v) is 6.74. The molecule has 20 heavy (non-hydrogen) atoms. The summed E-state index contributed by atoms with van der Waals surface area (Å²) in [5, 5.41) is 11.4. The van der Waals surface area contributed by atoms with E-state index in [1.807, 2.05) is 24.3 Å². The van der Waals surface area contributed by atoms with Crippen LogP contribution in [0, 0.1) is 0 Å². The minimum absolute atomic E-state index is 0.0570. The van der Waals surface area contributed by atoms with Crippen LogP contribution in [0.4, 0.5) is 0 Å². The van der Waals surface area contributed by atoms with Crippen molar-refractivity contribution in [1.29, 1.82) is 0 Å². The molecule has 3 rings (SSSR count). The predicted molar refractivity (Wildman–Crippen MR) is 81.0 cm³/mol. The van der Waals surface area contributed by atoms with Gasteiger partial charge in [-0.1, -0.05) is 37.8 Å². The number of ketones is 1. The molecule has 0 aliphatic heterocycles. The van der Waals surface area contributed by atoms with E-state index >= 15 is 0 Å². The summed E-state index contributed by atoms with van der Waals surface area (Å²) in [7, 11) is 0. The van der Waals surface area contributed by atoms with E-state index in [-0.39, 0.29) is 12.2 Å². The maximum Gasteiger partial charge on any atom is 0.171 e. The zero-order chi connectivity index (χ0) is 14.0. The number of aromatic nitrogens is 1. The monoisotopic (exact) mass is 289 g/mol. The summed E-state index contributed by atoms with van der Waals surface area (Å²) >= 11 is 1.55. The molecule has 0 radical (unpaired) electrons. The van der Waals surface area contributed by atoms with Gasteiger partial charge in [0, 0.05) is 0 Å². The van der Waals surface area contributed by atoms with Crippen LogP contribution >= 0.6 is 11.3 Å². The Morgan fingerprint density at radius 2 is 1.90 bits per heavy atom. The molecule has 1 saturated carbocycles. The maximum absolute atomic E-state index is 12.4. The molecule has 1 N–H and O–H groups in total. The van der Waals surface area contributed by atoms with Gasteiger partial charge in [-0.25, -0.2) is 4.98 Å². The van der Waals surface area contributed by atoms with E-state index in [0.29, 0.717) is 12.8 Å². The van der Waals surface area contributed by atoms with Crippen molar-refractivity contribution < 1.29 is 9.90 Å². The largest absolute Gasteiger partial charge is 0.382 e. The Labute approximate surface area is 122 Å². The van der Waals surface area contributed by atoms with Gasteiger partial charge in [0.15, 0.2) is 5.78 Å². The van der Waals surface area contributed by atoms with Gasteiger partial charge in [-0.2, -0.15) is 0 Å². The topological polar surface area (TPSA) is 50.2 Å². The number of thiazole rings is 1. The van der Waals surface area contributed by atoms with Crippen LogP contribution in [-0.4, -0.2) is 21.5 Å².